The molecule has 0 bridgehead atoms. The molecule has 2 heterocycles. The van der Waals surface area contributed by atoms with Gasteiger partial charge in [0.25, 0.3) is 0 Å². The molecule has 1 unspecified atom stereocenters. The number of ether oxygens (including phenoxy) is 1. The number of rotatable bonds is 4. The van der Waals surface area contributed by atoms with Gasteiger partial charge in [0.05, 0.1) is 23.9 Å². The van der Waals surface area contributed by atoms with Gasteiger partial charge >= 0.3 is 0 Å². The molecule has 1 atom stereocenters. The van der Waals surface area contributed by atoms with E-state index in [0.29, 0.717) is 13.2 Å². The Balaban J connectivity index is 1.87. The van der Waals surface area contributed by atoms with Gasteiger partial charge in [-0.05, 0) is 25.5 Å². The first kappa shape index (κ1) is 17.4. The summed E-state index contributed by atoms with van der Waals surface area (Å²) in [5.41, 5.74) is 1.62. The van der Waals surface area contributed by atoms with Crippen LogP contribution in [-0.4, -0.2) is 42.2 Å². The van der Waals surface area contributed by atoms with E-state index in [4.69, 9.17) is 16.3 Å². The van der Waals surface area contributed by atoms with E-state index in [9.17, 15) is 8.42 Å². The van der Waals surface area contributed by atoms with Crippen LogP contribution in [0.15, 0.2) is 35.5 Å². The number of morpholine rings is 1. The van der Waals surface area contributed by atoms with Crippen molar-refractivity contribution in [1.82, 2.24) is 14.1 Å². The number of hydrogen-bond donors (Lipinski definition) is 0. The summed E-state index contributed by atoms with van der Waals surface area (Å²) in [6, 6.07) is 5.05. The molecule has 24 heavy (non-hydrogen) atoms. The summed E-state index contributed by atoms with van der Waals surface area (Å²) in [5.74, 6) is 0. The predicted octanol–water partition coefficient (Wildman–Crippen LogP) is 2.63. The van der Waals surface area contributed by atoms with Crippen LogP contribution >= 0.6 is 11.6 Å². The highest BCUT2D eigenvalue weighted by Gasteiger charge is 2.33. The smallest absolute Gasteiger partial charge is 0.244 e. The average molecular weight is 370 g/mol. The van der Waals surface area contributed by atoms with Crippen LogP contribution in [0.5, 0.6) is 0 Å². The summed E-state index contributed by atoms with van der Waals surface area (Å²) in [4.78, 5) is 0.147. The predicted molar refractivity (Wildman–Crippen MR) is 91.5 cm³/mol. The van der Waals surface area contributed by atoms with Crippen molar-refractivity contribution in [1.29, 1.82) is 0 Å². The minimum Gasteiger partial charge on any atom is -0.371 e. The zero-order valence-corrected chi connectivity index (χ0v) is 15.2. The average Bonchev–Trinajstić information content (AvgIpc) is 3.06. The largest absolute Gasteiger partial charge is 0.371 e. The third-order valence-electron chi connectivity index (χ3n) is 4.15. The van der Waals surface area contributed by atoms with Gasteiger partial charge in [-0.3, -0.25) is 4.68 Å². The highest BCUT2D eigenvalue weighted by atomic mass is 35.5. The van der Waals surface area contributed by atoms with Crippen LogP contribution in [0.4, 0.5) is 0 Å². The van der Waals surface area contributed by atoms with Crippen molar-refractivity contribution in [2.75, 3.05) is 19.7 Å². The molecule has 1 aromatic heterocycles. The van der Waals surface area contributed by atoms with Gasteiger partial charge < -0.3 is 4.74 Å². The Labute approximate surface area is 147 Å². The van der Waals surface area contributed by atoms with E-state index in [2.05, 4.69) is 5.10 Å². The molecule has 8 heteroatoms. The molecule has 0 radical (unpaired) electrons. The number of sulfonamides is 1. The Hall–Kier alpha value is -1.41. The van der Waals surface area contributed by atoms with E-state index in [1.165, 1.54) is 4.31 Å². The molecule has 0 amide bonds. The quantitative estimate of drug-likeness (QED) is 0.831. The molecule has 1 fully saturated rings. The Kier molecular flexibility index (Phi) is 4.96. The molecule has 0 N–H and O–H groups in total. The molecule has 1 aliphatic rings. The first-order valence-corrected chi connectivity index (χ1v) is 9.64. The summed E-state index contributed by atoms with van der Waals surface area (Å²) in [6.07, 6.45) is 3.29. The molecule has 1 aliphatic heterocycles. The van der Waals surface area contributed by atoms with Gasteiger partial charge in [0.15, 0.2) is 0 Å². The van der Waals surface area contributed by atoms with Crippen LogP contribution in [0.1, 0.15) is 24.2 Å². The van der Waals surface area contributed by atoms with Crippen molar-refractivity contribution in [3.8, 4) is 0 Å². The van der Waals surface area contributed by atoms with Crippen molar-refractivity contribution in [2.24, 2.45) is 0 Å². The highest BCUT2D eigenvalue weighted by Crippen LogP contribution is 2.31. The van der Waals surface area contributed by atoms with Crippen LogP contribution < -0.4 is 0 Å². The second-order valence-corrected chi connectivity index (χ2v) is 8.02. The van der Waals surface area contributed by atoms with Crippen molar-refractivity contribution in [3.05, 3.63) is 46.7 Å². The lowest BCUT2D eigenvalue weighted by atomic mass is 10.2. The van der Waals surface area contributed by atoms with E-state index < -0.39 is 10.0 Å². The molecule has 0 aliphatic carbocycles. The van der Waals surface area contributed by atoms with E-state index in [-0.39, 0.29) is 22.6 Å². The second-order valence-electron chi connectivity index (χ2n) is 5.74. The van der Waals surface area contributed by atoms with Crippen LogP contribution in [0.2, 0.25) is 5.02 Å². The standard InChI is InChI=1S/C16H20ClN3O3S/c1-3-19-10-13(9-18-19)14-11-20(7-8-23-14)24(21,22)15-6-4-5-12(2)16(15)17/h4-6,9-10,14H,3,7-8,11H2,1-2H3. The molecule has 1 aromatic carbocycles. The molecule has 0 saturated carbocycles. The third-order valence-corrected chi connectivity index (χ3v) is 6.67. The van der Waals surface area contributed by atoms with Crippen LogP contribution in [0.25, 0.3) is 0 Å². The van der Waals surface area contributed by atoms with E-state index in [1.54, 1.807) is 36.0 Å². The van der Waals surface area contributed by atoms with Gasteiger partial charge in [-0.1, -0.05) is 23.7 Å². The number of hydrogen-bond acceptors (Lipinski definition) is 4. The molecular formula is C16H20ClN3O3S. The Morgan fingerprint density at radius 1 is 1.42 bits per heavy atom. The minimum atomic E-state index is -3.66. The number of benzene rings is 1. The monoisotopic (exact) mass is 369 g/mol. The third kappa shape index (κ3) is 3.21. The number of aryl methyl sites for hydroxylation is 2. The maximum Gasteiger partial charge on any atom is 0.244 e. The Morgan fingerprint density at radius 3 is 2.92 bits per heavy atom. The first-order chi connectivity index (χ1) is 11.4. The van der Waals surface area contributed by atoms with Crippen LogP contribution in [0.3, 0.4) is 0 Å². The van der Waals surface area contributed by atoms with E-state index in [1.807, 2.05) is 13.1 Å². The van der Waals surface area contributed by atoms with Crippen molar-refractivity contribution >= 4 is 21.6 Å². The lowest BCUT2D eigenvalue weighted by molar-refractivity contribution is -0.00260. The highest BCUT2D eigenvalue weighted by molar-refractivity contribution is 7.89. The number of aromatic nitrogens is 2. The summed E-state index contributed by atoms with van der Waals surface area (Å²) < 4.78 is 34.9. The zero-order chi connectivity index (χ0) is 17.3. The molecule has 130 valence electrons. The second kappa shape index (κ2) is 6.84. The molecule has 6 nitrogen and oxygen atoms in total. The van der Waals surface area contributed by atoms with E-state index in [0.717, 1.165) is 17.7 Å². The SMILES string of the molecule is CCn1cc(C2CN(S(=O)(=O)c3cccc(C)c3Cl)CCO2)cn1. The maximum atomic E-state index is 13.0. The van der Waals surface area contributed by atoms with Gasteiger partial charge in [0, 0.05) is 31.4 Å². The van der Waals surface area contributed by atoms with Gasteiger partial charge in [0.1, 0.15) is 4.90 Å². The summed E-state index contributed by atoms with van der Waals surface area (Å²) in [7, 11) is -3.66. The number of halogens is 1. The van der Waals surface area contributed by atoms with Gasteiger partial charge in [-0.15, -0.1) is 0 Å². The molecular weight excluding hydrogens is 350 g/mol. The fourth-order valence-electron chi connectivity index (χ4n) is 2.72. The summed E-state index contributed by atoms with van der Waals surface area (Å²) >= 11 is 6.22. The van der Waals surface area contributed by atoms with Crippen molar-refractivity contribution < 1.29 is 13.2 Å². The van der Waals surface area contributed by atoms with Gasteiger partial charge in [-0.2, -0.15) is 9.40 Å². The van der Waals surface area contributed by atoms with Gasteiger partial charge in [0.2, 0.25) is 10.0 Å². The first-order valence-electron chi connectivity index (χ1n) is 7.82. The topological polar surface area (TPSA) is 64.4 Å². The normalized spacial score (nSPS) is 19.5. The summed E-state index contributed by atoms with van der Waals surface area (Å²) in [6.45, 7) is 5.45. The van der Waals surface area contributed by atoms with E-state index >= 15 is 0 Å². The number of nitrogens with zero attached hydrogens (tertiary/aromatic N) is 3. The maximum absolute atomic E-state index is 13.0. The van der Waals surface area contributed by atoms with Gasteiger partial charge in [-0.25, -0.2) is 8.42 Å². The zero-order valence-electron chi connectivity index (χ0n) is 13.6. The van der Waals surface area contributed by atoms with Crippen molar-refractivity contribution in [3.63, 3.8) is 0 Å². The summed E-state index contributed by atoms with van der Waals surface area (Å²) in [5, 5.41) is 4.51. The Morgan fingerprint density at radius 2 is 2.21 bits per heavy atom. The fourth-order valence-corrected chi connectivity index (χ4v) is 4.70. The van der Waals surface area contributed by atoms with Crippen LogP contribution in [-0.2, 0) is 21.3 Å². The lowest BCUT2D eigenvalue weighted by Crippen LogP contribution is -2.42. The molecule has 3 rings (SSSR count). The van der Waals surface area contributed by atoms with Crippen molar-refractivity contribution in [2.45, 2.75) is 31.4 Å². The van der Waals surface area contributed by atoms with Crippen LogP contribution in [0, 0.1) is 6.92 Å². The molecule has 1 saturated heterocycles. The Bertz CT molecular complexity index is 835. The lowest BCUT2D eigenvalue weighted by Gasteiger charge is -2.32. The fraction of sp³-hybridized carbons (Fsp3) is 0.438. The molecule has 0 spiro atoms. The minimum absolute atomic E-state index is 0.147. The molecule has 2 aromatic rings.